The Morgan fingerprint density at radius 3 is 2.67 bits per heavy atom. The Morgan fingerprint density at radius 1 is 1.33 bits per heavy atom. The molecule has 1 heterocycles. The molecule has 1 aliphatic rings. The van der Waals surface area contributed by atoms with Gasteiger partial charge < -0.3 is 10.3 Å². The molecule has 1 unspecified atom stereocenters. The van der Waals surface area contributed by atoms with Crippen LogP contribution in [0.2, 0.25) is 0 Å². The van der Waals surface area contributed by atoms with E-state index in [0.717, 1.165) is 38.2 Å². The summed E-state index contributed by atoms with van der Waals surface area (Å²) in [6.45, 7) is 4.88. The topological polar surface area (TPSA) is 56.1 Å². The van der Waals surface area contributed by atoms with E-state index in [1.807, 2.05) is 12.1 Å². The number of likely N-dealkylation sites (tertiary alicyclic amines) is 1. The zero-order valence-electron chi connectivity index (χ0n) is 10.7. The lowest BCUT2D eigenvalue weighted by molar-refractivity contribution is 0.220. The van der Waals surface area contributed by atoms with Crippen molar-refractivity contribution in [2.24, 2.45) is 11.1 Å². The molecule has 4 nitrogen and oxygen atoms in total. The van der Waals surface area contributed by atoms with E-state index in [1.54, 1.807) is 12.1 Å². The Kier molecular flexibility index (Phi) is 4.20. The number of nitrogens with zero attached hydrogens (tertiary/aromatic N) is 2. The van der Waals surface area contributed by atoms with Crippen molar-refractivity contribution >= 4 is 5.71 Å². The van der Waals surface area contributed by atoms with Crippen LogP contribution in [0.3, 0.4) is 0 Å². The lowest BCUT2D eigenvalue weighted by Gasteiger charge is -2.32. The van der Waals surface area contributed by atoms with Gasteiger partial charge in [-0.25, -0.2) is 0 Å². The second-order valence-electron chi connectivity index (χ2n) is 4.85. The van der Waals surface area contributed by atoms with Crippen LogP contribution in [0.5, 0.6) is 5.75 Å². The van der Waals surface area contributed by atoms with Gasteiger partial charge in [-0.15, -0.1) is 0 Å². The van der Waals surface area contributed by atoms with Crippen molar-refractivity contribution in [1.29, 1.82) is 0 Å². The Morgan fingerprint density at radius 2 is 2.06 bits per heavy atom. The highest BCUT2D eigenvalue weighted by atomic mass is 16.4. The first kappa shape index (κ1) is 12.9. The summed E-state index contributed by atoms with van der Waals surface area (Å²) in [6.07, 6.45) is 1.85. The van der Waals surface area contributed by atoms with Gasteiger partial charge >= 0.3 is 0 Å². The summed E-state index contributed by atoms with van der Waals surface area (Å²) in [5.74, 6) is 0.666. The Balaban J connectivity index is 1.97. The quantitative estimate of drug-likeness (QED) is 0.638. The van der Waals surface area contributed by atoms with Crippen LogP contribution >= 0.6 is 0 Å². The smallest absolute Gasteiger partial charge is 0.115 e. The Bertz CT molecular complexity index is 414. The van der Waals surface area contributed by atoms with Crippen LogP contribution < -0.4 is 0 Å². The minimum atomic E-state index is 0.304. The van der Waals surface area contributed by atoms with Crippen LogP contribution in [-0.4, -0.2) is 34.0 Å². The highest BCUT2D eigenvalue weighted by molar-refractivity contribution is 5.87. The van der Waals surface area contributed by atoms with Gasteiger partial charge in [-0.1, -0.05) is 24.2 Å². The van der Waals surface area contributed by atoms with Crippen molar-refractivity contribution in [2.45, 2.75) is 26.3 Å². The van der Waals surface area contributed by atoms with Gasteiger partial charge in [0.2, 0.25) is 0 Å². The Labute approximate surface area is 108 Å². The number of piperidine rings is 1. The van der Waals surface area contributed by atoms with Gasteiger partial charge in [0, 0.05) is 32.0 Å². The molecule has 0 spiro atoms. The van der Waals surface area contributed by atoms with Gasteiger partial charge in [0.15, 0.2) is 0 Å². The summed E-state index contributed by atoms with van der Waals surface area (Å²) in [5.41, 5.74) is 2.13. The third-order valence-electron chi connectivity index (χ3n) is 3.60. The summed E-state index contributed by atoms with van der Waals surface area (Å²) in [6, 6.07) is 7.34. The maximum Gasteiger partial charge on any atom is 0.115 e. The summed E-state index contributed by atoms with van der Waals surface area (Å²) < 4.78 is 0. The number of oxime groups is 1. The first-order valence-corrected chi connectivity index (χ1v) is 6.44. The molecule has 0 saturated carbocycles. The van der Waals surface area contributed by atoms with E-state index in [2.05, 4.69) is 17.0 Å². The number of phenols is 1. The monoisotopic (exact) mass is 248 g/mol. The molecule has 1 fully saturated rings. The first-order chi connectivity index (χ1) is 8.72. The summed E-state index contributed by atoms with van der Waals surface area (Å²) in [4.78, 5) is 2.37. The van der Waals surface area contributed by atoms with E-state index in [9.17, 15) is 5.11 Å². The molecule has 0 bridgehead atoms. The molecule has 2 N–H and O–H groups in total. The number of phenolic OH excluding ortho intramolecular Hbond substituents is 1. The van der Waals surface area contributed by atoms with Crippen LogP contribution in [0.4, 0.5) is 0 Å². The minimum absolute atomic E-state index is 0.304. The van der Waals surface area contributed by atoms with Gasteiger partial charge in [0.1, 0.15) is 5.75 Å². The van der Waals surface area contributed by atoms with E-state index in [1.165, 1.54) is 5.56 Å². The van der Waals surface area contributed by atoms with Gasteiger partial charge in [0.25, 0.3) is 0 Å². The maximum atomic E-state index is 9.25. The van der Waals surface area contributed by atoms with Crippen LogP contribution in [0.25, 0.3) is 0 Å². The number of rotatable bonds is 3. The van der Waals surface area contributed by atoms with Crippen LogP contribution in [0.15, 0.2) is 29.4 Å². The first-order valence-electron chi connectivity index (χ1n) is 6.44. The lowest BCUT2D eigenvalue weighted by atomic mass is 9.93. The maximum absolute atomic E-state index is 9.25. The molecule has 18 heavy (non-hydrogen) atoms. The van der Waals surface area contributed by atoms with Gasteiger partial charge in [0.05, 0.1) is 5.71 Å². The molecule has 2 rings (SSSR count). The van der Waals surface area contributed by atoms with Crippen molar-refractivity contribution in [3.63, 3.8) is 0 Å². The zero-order chi connectivity index (χ0) is 13.0. The highest BCUT2D eigenvalue weighted by Crippen LogP contribution is 2.20. The number of hydrogen-bond acceptors (Lipinski definition) is 4. The van der Waals surface area contributed by atoms with Crippen molar-refractivity contribution < 1.29 is 10.3 Å². The summed E-state index contributed by atoms with van der Waals surface area (Å²) >= 11 is 0. The molecule has 1 aromatic carbocycles. The molecule has 1 saturated heterocycles. The molecule has 1 aliphatic heterocycles. The van der Waals surface area contributed by atoms with E-state index < -0.39 is 0 Å². The average molecular weight is 248 g/mol. The van der Waals surface area contributed by atoms with Crippen LogP contribution in [-0.2, 0) is 6.54 Å². The van der Waals surface area contributed by atoms with Gasteiger partial charge in [-0.2, -0.15) is 0 Å². The van der Waals surface area contributed by atoms with Crippen LogP contribution in [0.1, 0.15) is 25.3 Å². The fourth-order valence-electron chi connectivity index (χ4n) is 2.48. The second-order valence-corrected chi connectivity index (χ2v) is 4.85. The molecule has 0 aliphatic carbocycles. The predicted molar refractivity (Wildman–Crippen MR) is 71.0 cm³/mol. The number of benzene rings is 1. The van der Waals surface area contributed by atoms with Crippen molar-refractivity contribution in [1.82, 2.24) is 4.90 Å². The molecule has 98 valence electrons. The van der Waals surface area contributed by atoms with E-state index in [4.69, 9.17) is 5.21 Å². The predicted octanol–water partition coefficient (Wildman–Crippen LogP) is 2.45. The zero-order valence-corrected chi connectivity index (χ0v) is 10.7. The largest absolute Gasteiger partial charge is 0.508 e. The summed E-state index contributed by atoms with van der Waals surface area (Å²) in [5, 5.41) is 21.6. The third-order valence-corrected chi connectivity index (χ3v) is 3.60. The molecule has 0 radical (unpaired) electrons. The third kappa shape index (κ3) is 3.01. The van der Waals surface area contributed by atoms with E-state index in [-0.39, 0.29) is 0 Å². The molecule has 4 heteroatoms. The minimum Gasteiger partial charge on any atom is -0.508 e. The number of hydrogen-bond donors (Lipinski definition) is 2. The SMILES string of the molecule is CCC1CN(Cc2ccc(O)cc2)CC/C1=N\O. The van der Waals surface area contributed by atoms with Crippen molar-refractivity contribution in [2.75, 3.05) is 13.1 Å². The Hall–Kier alpha value is -1.55. The molecule has 1 aromatic rings. The van der Waals surface area contributed by atoms with Crippen molar-refractivity contribution in [3.8, 4) is 5.75 Å². The number of aromatic hydroxyl groups is 1. The van der Waals surface area contributed by atoms with Gasteiger partial charge in [-0.3, -0.25) is 4.90 Å². The van der Waals surface area contributed by atoms with Crippen molar-refractivity contribution in [3.05, 3.63) is 29.8 Å². The molecular formula is C14H20N2O2. The molecule has 1 atom stereocenters. The second kappa shape index (κ2) is 5.87. The summed E-state index contributed by atoms with van der Waals surface area (Å²) in [7, 11) is 0. The van der Waals surface area contributed by atoms with Crippen LogP contribution in [0, 0.1) is 5.92 Å². The lowest BCUT2D eigenvalue weighted by Crippen LogP contribution is -2.40. The normalized spacial score (nSPS) is 23.4. The molecule has 0 amide bonds. The fourth-order valence-corrected chi connectivity index (χ4v) is 2.48. The standard InChI is InChI=1S/C14H20N2O2/c1-2-12-10-16(8-7-14(12)15-18)9-11-3-5-13(17)6-4-11/h3-6,12,17-18H,2,7-10H2,1H3/b15-14+. The average Bonchev–Trinajstić information content (AvgIpc) is 2.41. The highest BCUT2D eigenvalue weighted by Gasteiger charge is 2.24. The molecule has 0 aromatic heterocycles. The van der Waals surface area contributed by atoms with Gasteiger partial charge in [-0.05, 0) is 24.1 Å². The fraction of sp³-hybridized carbons (Fsp3) is 0.500. The van der Waals surface area contributed by atoms with E-state index in [0.29, 0.717) is 11.7 Å². The van der Waals surface area contributed by atoms with E-state index >= 15 is 0 Å². The molecular weight excluding hydrogens is 228 g/mol.